The van der Waals surface area contributed by atoms with Gasteiger partial charge in [-0.25, -0.2) is 0 Å². The number of carbonyl (C=O) groups is 1. The summed E-state index contributed by atoms with van der Waals surface area (Å²) in [5.74, 6) is -0.0561. The summed E-state index contributed by atoms with van der Waals surface area (Å²) in [4.78, 5) is 15.7. The Labute approximate surface area is 181 Å². The van der Waals surface area contributed by atoms with Gasteiger partial charge >= 0.3 is 0 Å². The lowest BCUT2D eigenvalue weighted by atomic mass is 9.95. The standard InChI is InChI=1S/C24H25ClN2OS/c1-16-17(2)29-24(26-23(28)19-8-4-3-5-9-19)21(16)22(27-14-6-7-15-27)18-10-12-20(25)13-11-18/h3-5,8-13,22H,6-7,14-15H2,1-2H3,(H,26,28)/p+1/t22-/m1/s1. The zero-order valence-corrected chi connectivity index (χ0v) is 18.4. The lowest BCUT2D eigenvalue weighted by Crippen LogP contribution is -3.10. The average Bonchev–Trinajstić information content (AvgIpc) is 3.35. The van der Waals surface area contributed by atoms with Crippen LogP contribution in [-0.4, -0.2) is 19.0 Å². The van der Waals surface area contributed by atoms with Crippen molar-refractivity contribution in [2.24, 2.45) is 0 Å². The van der Waals surface area contributed by atoms with E-state index in [0.717, 1.165) is 23.1 Å². The van der Waals surface area contributed by atoms with Crippen LogP contribution >= 0.6 is 22.9 Å². The molecule has 150 valence electrons. The molecule has 1 saturated heterocycles. The van der Waals surface area contributed by atoms with Crippen LogP contribution < -0.4 is 10.2 Å². The van der Waals surface area contributed by atoms with Gasteiger partial charge in [0.1, 0.15) is 11.0 Å². The molecule has 0 aliphatic carbocycles. The Balaban J connectivity index is 1.76. The van der Waals surface area contributed by atoms with Gasteiger partial charge in [-0.15, -0.1) is 11.3 Å². The van der Waals surface area contributed by atoms with E-state index in [9.17, 15) is 4.79 Å². The number of hydrogen-bond donors (Lipinski definition) is 2. The van der Waals surface area contributed by atoms with E-state index in [1.54, 1.807) is 16.2 Å². The topological polar surface area (TPSA) is 33.5 Å². The van der Waals surface area contributed by atoms with Crippen molar-refractivity contribution in [3.8, 4) is 0 Å². The van der Waals surface area contributed by atoms with E-state index in [4.69, 9.17) is 11.6 Å². The molecule has 1 amide bonds. The minimum atomic E-state index is -0.0561. The van der Waals surface area contributed by atoms with Crippen LogP contribution in [0.4, 0.5) is 5.00 Å². The van der Waals surface area contributed by atoms with Crippen LogP contribution in [-0.2, 0) is 0 Å². The van der Waals surface area contributed by atoms with Gasteiger partial charge < -0.3 is 10.2 Å². The van der Waals surface area contributed by atoms with Crippen LogP contribution in [0.1, 0.15) is 50.8 Å². The number of carbonyl (C=O) groups excluding carboxylic acids is 1. The molecule has 1 fully saturated rings. The number of likely N-dealkylation sites (tertiary alicyclic amines) is 1. The minimum absolute atomic E-state index is 0.0561. The van der Waals surface area contributed by atoms with Crippen LogP contribution in [0, 0.1) is 13.8 Å². The Kier molecular flexibility index (Phi) is 6.04. The number of thiophene rings is 1. The largest absolute Gasteiger partial charge is 0.325 e. The fourth-order valence-corrected chi connectivity index (χ4v) is 5.45. The van der Waals surface area contributed by atoms with Gasteiger partial charge in [0, 0.05) is 33.9 Å². The molecule has 0 saturated carbocycles. The second-order valence-electron chi connectivity index (χ2n) is 7.70. The first-order valence-corrected chi connectivity index (χ1v) is 11.3. The summed E-state index contributed by atoms with van der Waals surface area (Å²) in [5, 5.41) is 4.93. The van der Waals surface area contributed by atoms with Gasteiger partial charge in [0.2, 0.25) is 0 Å². The summed E-state index contributed by atoms with van der Waals surface area (Å²) in [6.45, 7) is 6.61. The Morgan fingerprint density at radius 2 is 1.69 bits per heavy atom. The third kappa shape index (κ3) is 4.25. The van der Waals surface area contributed by atoms with E-state index in [2.05, 4.69) is 31.3 Å². The Morgan fingerprint density at radius 3 is 2.34 bits per heavy atom. The fourth-order valence-electron chi connectivity index (χ4n) is 4.23. The SMILES string of the molecule is Cc1sc(NC(=O)c2ccccc2)c([C@@H](c2ccc(Cl)cc2)[NH+]2CCCC2)c1C. The molecular formula is C24H26ClN2OS+. The van der Waals surface area contributed by atoms with Crippen molar-refractivity contribution in [3.05, 3.63) is 86.8 Å². The highest BCUT2D eigenvalue weighted by molar-refractivity contribution is 7.16. The zero-order valence-electron chi connectivity index (χ0n) is 16.8. The maximum atomic E-state index is 12.9. The van der Waals surface area contributed by atoms with Crippen LogP contribution in [0.2, 0.25) is 5.02 Å². The molecule has 1 aromatic heterocycles. The third-order valence-electron chi connectivity index (χ3n) is 5.84. The van der Waals surface area contributed by atoms with Crippen LogP contribution in [0.5, 0.6) is 0 Å². The van der Waals surface area contributed by atoms with Crippen molar-refractivity contribution in [2.75, 3.05) is 18.4 Å². The van der Waals surface area contributed by atoms with Crippen molar-refractivity contribution in [3.63, 3.8) is 0 Å². The molecule has 3 nitrogen and oxygen atoms in total. The minimum Gasteiger partial charge on any atom is -0.325 e. The second-order valence-corrected chi connectivity index (χ2v) is 9.36. The first-order chi connectivity index (χ1) is 14.0. The van der Waals surface area contributed by atoms with Gasteiger partial charge in [-0.2, -0.15) is 0 Å². The average molecular weight is 426 g/mol. The highest BCUT2D eigenvalue weighted by atomic mass is 35.5. The Bertz CT molecular complexity index is 992. The second kappa shape index (κ2) is 8.70. The van der Waals surface area contributed by atoms with E-state index in [0.29, 0.717) is 5.56 Å². The molecule has 0 spiro atoms. The quantitative estimate of drug-likeness (QED) is 0.590. The van der Waals surface area contributed by atoms with Crippen molar-refractivity contribution in [1.82, 2.24) is 0 Å². The van der Waals surface area contributed by atoms with Gasteiger partial charge in [-0.3, -0.25) is 4.79 Å². The summed E-state index contributed by atoms with van der Waals surface area (Å²) in [5.41, 5.74) is 4.45. The summed E-state index contributed by atoms with van der Waals surface area (Å²) < 4.78 is 0. The van der Waals surface area contributed by atoms with E-state index >= 15 is 0 Å². The summed E-state index contributed by atoms with van der Waals surface area (Å²) in [7, 11) is 0. The molecule has 0 radical (unpaired) electrons. The van der Waals surface area contributed by atoms with Crippen molar-refractivity contribution < 1.29 is 9.69 Å². The number of nitrogens with one attached hydrogen (secondary N) is 2. The van der Waals surface area contributed by atoms with E-state index in [1.807, 2.05) is 42.5 Å². The van der Waals surface area contributed by atoms with E-state index < -0.39 is 0 Å². The van der Waals surface area contributed by atoms with Crippen molar-refractivity contribution >= 4 is 33.8 Å². The highest BCUT2D eigenvalue weighted by Crippen LogP contribution is 2.39. The normalized spacial score (nSPS) is 15.4. The molecule has 2 heterocycles. The zero-order chi connectivity index (χ0) is 20.4. The van der Waals surface area contributed by atoms with E-state index in [-0.39, 0.29) is 11.9 Å². The number of aryl methyl sites for hydroxylation is 1. The molecule has 0 bridgehead atoms. The number of rotatable bonds is 5. The van der Waals surface area contributed by atoms with Crippen molar-refractivity contribution in [2.45, 2.75) is 32.7 Å². The third-order valence-corrected chi connectivity index (χ3v) is 7.23. The Morgan fingerprint density at radius 1 is 1.03 bits per heavy atom. The van der Waals surface area contributed by atoms with Gasteiger partial charge in [-0.05, 0) is 43.7 Å². The first kappa shape index (κ1) is 20.1. The molecule has 2 aromatic carbocycles. The maximum absolute atomic E-state index is 12.9. The molecule has 3 aromatic rings. The predicted molar refractivity (Wildman–Crippen MR) is 121 cm³/mol. The number of hydrogen-bond acceptors (Lipinski definition) is 2. The Hall–Kier alpha value is -2.14. The van der Waals surface area contributed by atoms with Gasteiger partial charge in [0.05, 0.1) is 18.7 Å². The van der Waals surface area contributed by atoms with Crippen LogP contribution in [0.3, 0.4) is 0 Å². The molecule has 4 rings (SSSR count). The van der Waals surface area contributed by atoms with Gasteiger partial charge in [0.15, 0.2) is 0 Å². The number of benzene rings is 2. The van der Waals surface area contributed by atoms with Crippen molar-refractivity contribution in [1.29, 1.82) is 0 Å². The molecule has 1 atom stereocenters. The monoisotopic (exact) mass is 425 g/mol. The van der Waals surface area contributed by atoms with Gasteiger partial charge in [-0.1, -0.05) is 41.9 Å². The lowest BCUT2D eigenvalue weighted by molar-refractivity contribution is -0.913. The smallest absolute Gasteiger partial charge is 0.256 e. The molecule has 5 heteroatoms. The number of amides is 1. The highest BCUT2D eigenvalue weighted by Gasteiger charge is 2.34. The molecular weight excluding hydrogens is 400 g/mol. The number of anilines is 1. The first-order valence-electron chi connectivity index (χ1n) is 10.1. The molecule has 29 heavy (non-hydrogen) atoms. The number of quaternary nitrogens is 1. The lowest BCUT2D eigenvalue weighted by Gasteiger charge is -2.26. The van der Waals surface area contributed by atoms with Crippen LogP contribution in [0.25, 0.3) is 0 Å². The van der Waals surface area contributed by atoms with Gasteiger partial charge in [0.25, 0.3) is 5.91 Å². The summed E-state index contributed by atoms with van der Waals surface area (Å²) >= 11 is 7.84. The summed E-state index contributed by atoms with van der Waals surface area (Å²) in [6, 6.07) is 17.8. The van der Waals surface area contributed by atoms with E-state index in [1.165, 1.54) is 34.4 Å². The molecule has 2 N–H and O–H groups in total. The molecule has 0 unspecified atom stereocenters. The number of halogens is 1. The predicted octanol–water partition coefficient (Wildman–Crippen LogP) is 5.04. The fraction of sp³-hybridized carbons (Fsp3) is 0.292. The van der Waals surface area contributed by atoms with Crippen LogP contribution in [0.15, 0.2) is 54.6 Å². The maximum Gasteiger partial charge on any atom is 0.256 e. The molecule has 1 aliphatic rings. The molecule has 1 aliphatic heterocycles. The summed E-state index contributed by atoms with van der Waals surface area (Å²) in [6.07, 6.45) is 2.49.